The van der Waals surface area contributed by atoms with Crippen molar-refractivity contribution < 1.29 is 8.78 Å². The van der Waals surface area contributed by atoms with Gasteiger partial charge < -0.3 is 5.73 Å². The van der Waals surface area contributed by atoms with Crippen molar-refractivity contribution in [1.82, 2.24) is 4.90 Å². The summed E-state index contributed by atoms with van der Waals surface area (Å²) in [5.41, 5.74) is 7.87. The van der Waals surface area contributed by atoms with Crippen molar-refractivity contribution in [3.8, 4) is 0 Å². The number of hydrogen-bond acceptors (Lipinski definition) is 2. The minimum Gasteiger partial charge on any atom is -0.330 e. The van der Waals surface area contributed by atoms with Gasteiger partial charge in [-0.15, -0.1) is 12.4 Å². The lowest BCUT2D eigenvalue weighted by Gasteiger charge is -2.17. The molecule has 0 bridgehead atoms. The lowest BCUT2D eigenvalue weighted by Crippen LogP contribution is -2.23. The molecule has 0 saturated carbocycles. The monoisotopic (exact) mass is 338 g/mol. The van der Waals surface area contributed by atoms with Crippen LogP contribution in [0.3, 0.4) is 0 Å². The number of halogens is 3. The predicted molar refractivity (Wildman–Crippen MR) is 90.6 cm³/mol. The summed E-state index contributed by atoms with van der Waals surface area (Å²) >= 11 is 0. The van der Waals surface area contributed by atoms with E-state index in [0.717, 1.165) is 19.2 Å². The second kappa shape index (κ2) is 7.86. The van der Waals surface area contributed by atoms with E-state index in [-0.39, 0.29) is 12.4 Å². The molecule has 2 nitrogen and oxygen atoms in total. The van der Waals surface area contributed by atoms with Crippen molar-refractivity contribution in [3.05, 3.63) is 71.3 Å². The Kier molecular flexibility index (Phi) is 6.10. The van der Waals surface area contributed by atoms with E-state index in [1.54, 1.807) is 0 Å². The lowest BCUT2D eigenvalue weighted by molar-refractivity contribution is 0.315. The Bertz CT molecular complexity index is 616. The molecule has 0 aliphatic carbocycles. The Morgan fingerprint density at radius 1 is 1.00 bits per heavy atom. The van der Waals surface area contributed by atoms with E-state index in [4.69, 9.17) is 5.73 Å². The smallest absolute Gasteiger partial charge is 0.126 e. The van der Waals surface area contributed by atoms with Crippen LogP contribution in [0.4, 0.5) is 8.78 Å². The van der Waals surface area contributed by atoms with Crippen molar-refractivity contribution in [2.24, 2.45) is 11.7 Å². The molecule has 124 valence electrons. The van der Waals surface area contributed by atoms with Crippen LogP contribution in [0.15, 0.2) is 48.5 Å². The van der Waals surface area contributed by atoms with Gasteiger partial charge in [0, 0.05) is 31.6 Å². The Labute approximate surface area is 141 Å². The number of hydrogen-bond donors (Lipinski definition) is 1. The summed E-state index contributed by atoms with van der Waals surface area (Å²) in [5, 5.41) is 0. The summed E-state index contributed by atoms with van der Waals surface area (Å²) in [7, 11) is 0. The quantitative estimate of drug-likeness (QED) is 0.923. The zero-order valence-corrected chi connectivity index (χ0v) is 13.6. The molecule has 3 rings (SSSR count). The number of rotatable bonds is 4. The van der Waals surface area contributed by atoms with Crippen molar-refractivity contribution in [2.45, 2.75) is 12.5 Å². The summed E-state index contributed by atoms with van der Waals surface area (Å²) in [5.74, 6) is -0.293. The highest BCUT2D eigenvalue weighted by molar-refractivity contribution is 5.85. The average Bonchev–Trinajstić information content (AvgIpc) is 2.90. The first kappa shape index (κ1) is 17.9. The zero-order valence-electron chi connectivity index (χ0n) is 12.8. The van der Waals surface area contributed by atoms with E-state index in [0.29, 0.717) is 30.5 Å². The third-order valence-corrected chi connectivity index (χ3v) is 4.38. The minimum atomic E-state index is -0.524. The molecule has 1 heterocycles. The molecule has 0 radical (unpaired) electrons. The molecule has 2 aromatic carbocycles. The highest BCUT2D eigenvalue weighted by Gasteiger charge is 2.32. The topological polar surface area (TPSA) is 29.3 Å². The third-order valence-electron chi connectivity index (χ3n) is 4.38. The van der Waals surface area contributed by atoms with Gasteiger partial charge in [0.25, 0.3) is 0 Å². The van der Waals surface area contributed by atoms with E-state index in [1.807, 2.05) is 18.2 Å². The molecule has 2 aromatic rings. The largest absolute Gasteiger partial charge is 0.330 e. The SMILES string of the molecule is Cl.NC[C@@H]1CN(Cc2cc(F)cc(F)c2)C[C@H]1c1ccccc1. The Balaban J connectivity index is 0.00000192. The molecule has 1 fully saturated rings. The number of benzene rings is 2. The second-order valence-electron chi connectivity index (χ2n) is 5.98. The molecule has 0 aromatic heterocycles. The molecule has 0 amide bonds. The van der Waals surface area contributed by atoms with E-state index in [2.05, 4.69) is 17.0 Å². The molecule has 1 saturated heterocycles. The zero-order chi connectivity index (χ0) is 15.5. The maximum absolute atomic E-state index is 13.3. The molecule has 5 heteroatoms. The summed E-state index contributed by atoms with van der Waals surface area (Å²) in [6.07, 6.45) is 0. The van der Waals surface area contributed by atoms with Crippen molar-refractivity contribution in [3.63, 3.8) is 0 Å². The Morgan fingerprint density at radius 3 is 2.26 bits per heavy atom. The number of likely N-dealkylation sites (tertiary alicyclic amines) is 1. The van der Waals surface area contributed by atoms with Crippen LogP contribution in [0.5, 0.6) is 0 Å². The molecule has 23 heavy (non-hydrogen) atoms. The molecular weight excluding hydrogens is 318 g/mol. The van der Waals surface area contributed by atoms with E-state index in [1.165, 1.54) is 17.7 Å². The highest BCUT2D eigenvalue weighted by atomic mass is 35.5. The van der Waals surface area contributed by atoms with Crippen LogP contribution in [0, 0.1) is 17.6 Å². The fraction of sp³-hybridized carbons (Fsp3) is 0.333. The van der Waals surface area contributed by atoms with Gasteiger partial charge in [-0.3, -0.25) is 4.90 Å². The van der Waals surface area contributed by atoms with Crippen LogP contribution in [-0.4, -0.2) is 24.5 Å². The molecule has 2 atom stereocenters. The standard InChI is InChI=1S/C18H20F2N2.ClH/c19-16-6-13(7-17(20)8-16)10-22-11-15(9-21)18(12-22)14-4-2-1-3-5-14;/h1-8,15,18H,9-12,21H2;1H/t15-,18+;/m1./s1. The number of nitrogens with two attached hydrogens (primary N) is 1. The van der Waals surface area contributed by atoms with Crippen molar-refractivity contribution in [2.75, 3.05) is 19.6 Å². The van der Waals surface area contributed by atoms with E-state index in [9.17, 15) is 8.78 Å². The highest BCUT2D eigenvalue weighted by Crippen LogP contribution is 2.32. The third kappa shape index (κ3) is 4.28. The molecule has 2 N–H and O–H groups in total. The first-order valence-electron chi connectivity index (χ1n) is 7.58. The summed E-state index contributed by atoms with van der Waals surface area (Å²) < 4.78 is 26.6. The van der Waals surface area contributed by atoms with Gasteiger partial charge in [-0.2, -0.15) is 0 Å². The number of nitrogens with zero attached hydrogens (tertiary/aromatic N) is 1. The van der Waals surface area contributed by atoms with Crippen molar-refractivity contribution in [1.29, 1.82) is 0 Å². The van der Waals surface area contributed by atoms with E-state index < -0.39 is 11.6 Å². The summed E-state index contributed by atoms with van der Waals surface area (Å²) in [6, 6.07) is 14.0. The Hall–Kier alpha value is -1.49. The van der Waals surface area contributed by atoms with Crippen LogP contribution >= 0.6 is 12.4 Å². The molecule has 1 aliphatic rings. The van der Waals surface area contributed by atoms with Crippen molar-refractivity contribution >= 4 is 12.4 Å². The first-order valence-corrected chi connectivity index (χ1v) is 7.58. The van der Waals surface area contributed by atoms with Crippen LogP contribution in [0.1, 0.15) is 17.0 Å². The maximum atomic E-state index is 13.3. The maximum Gasteiger partial charge on any atom is 0.126 e. The van der Waals surface area contributed by atoms with Crippen LogP contribution in [0.2, 0.25) is 0 Å². The average molecular weight is 339 g/mol. The fourth-order valence-corrected chi connectivity index (χ4v) is 3.37. The molecule has 0 spiro atoms. The second-order valence-corrected chi connectivity index (χ2v) is 5.98. The lowest BCUT2D eigenvalue weighted by atomic mass is 9.89. The van der Waals surface area contributed by atoms with Crippen LogP contribution in [0.25, 0.3) is 0 Å². The van der Waals surface area contributed by atoms with E-state index >= 15 is 0 Å². The molecular formula is C18H21ClF2N2. The van der Waals surface area contributed by atoms with Gasteiger partial charge in [-0.1, -0.05) is 30.3 Å². The fourth-order valence-electron chi connectivity index (χ4n) is 3.37. The van der Waals surface area contributed by atoms with Gasteiger partial charge in [0.2, 0.25) is 0 Å². The van der Waals surface area contributed by atoms with Gasteiger partial charge in [-0.25, -0.2) is 8.78 Å². The van der Waals surface area contributed by atoms with Gasteiger partial charge in [0.1, 0.15) is 11.6 Å². The summed E-state index contributed by atoms with van der Waals surface area (Å²) in [6.45, 7) is 2.89. The van der Waals surface area contributed by atoms with Gasteiger partial charge in [0.15, 0.2) is 0 Å². The normalized spacial score (nSPS) is 21.2. The van der Waals surface area contributed by atoms with Gasteiger partial charge >= 0.3 is 0 Å². The molecule has 1 aliphatic heterocycles. The minimum absolute atomic E-state index is 0. The Morgan fingerprint density at radius 2 is 1.65 bits per heavy atom. The van der Waals surface area contributed by atoms with Crippen LogP contribution in [-0.2, 0) is 6.54 Å². The van der Waals surface area contributed by atoms with Gasteiger partial charge in [-0.05, 0) is 35.7 Å². The van der Waals surface area contributed by atoms with Gasteiger partial charge in [0.05, 0.1) is 0 Å². The first-order chi connectivity index (χ1) is 10.7. The van der Waals surface area contributed by atoms with Crippen LogP contribution < -0.4 is 5.73 Å². The predicted octanol–water partition coefficient (Wildman–Crippen LogP) is 3.56. The summed E-state index contributed by atoms with van der Waals surface area (Å²) in [4.78, 5) is 2.23. The molecule has 0 unspecified atom stereocenters.